The minimum absolute atomic E-state index is 0.826. The highest BCUT2D eigenvalue weighted by Crippen LogP contribution is 2.36. The molecular formula is C20H27N. The van der Waals surface area contributed by atoms with E-state index in [1.807, 2.05) is 0 Å². The van der Waals surface area contributed by atoms with E-state index in [4.69, 9.17) is 0 Å². The number of nitrogens with one attached hydrogen (secondary N) is 1. The quantitative estimate of drug-likeness (QED) is 0.860. The summed E-state index contributed by atoms with van der Waals surface area (Å²) in [6.07, 6.45) is 5.41. The van der Waals surface area contributed by atoms with Gasteiger partial charge in [0, 0.05) is 0 Å². The molecule has 1 fully saturated rings. The van der Waals surface area contributed by atoms with Crippen molar-refractivity contribution in [1.29, 1.82) is 0 Å². The highest BCUT2D eigenvalue weighted by molar-refractivity contribution is 5.85. The van der Waals surface area contributed by atoms with E-state index in [1.54, 1.807) is 0 Å². The van der Waals surface area contributed by atoms with Crippen LogP contribution < -0.4 is 5.32 Å². The standard InChI is InChI=1S/C20H27N/c1-15-10-11-18(14-21-2)19(12-15)13-17-8-5-7-16-6-3-4-9-20(16)17/h3-9,15,18-19,21H,10-14H2,1-2H3. The minimum atomic E-state index is 0.826. The van der Waals surface area contributed by atoms with E-state index < -0.39 is 0 Å². The van der Waals surface area contributed by atoms with Crippen molar-refractivity contribution >= 4 is 10.8 Å². The second kappa shape index (κ2) is 6.62. The van der Waals surface area contributed by atoms with Crippen LogP contribution in [-0.4, -0.2) is 13.6 Å². The Bertz CT molecular complexity index is 584. The van der Waals surface area contributed by atoms with Gasteiger partial charge in [-0.15, -0.1) is 0 Å². The van der Waals surface area contributed by atoms with Crippen molar-refractivity contribution in [2.24, 2.45) is 17.8 Å². The van der Waals surface area contributed by atoms with Gasteiger partial charge in [-0.3, -0.25) is 0 Å². The molecule has 3 rings (SSSR count). The average Bonchev–Trinajstić information content (AvgIpc) is 2.50. The van der Waals surface area contributed by atoms with E-state index in [0.29, 0.717) is 0 Å². The van der Waals surface area contributed by atoms with E-state index in [9.17, 15) is 0 Å². The van der Waals surface area contributed by atoms with Crippen LogP contribution in [0.15, 0.2) is 42.5 Å². The summed E-state index contributed by atoms with van der Waals surface area (Å²) in [6, 6.07) is 15.6. The van der Waals surface area contributed by atoms with Crippen LogP contribution in [-0.2, 0) is 6.42 Å². The number of benzene rings is 2. The van der Waals surface area contributed by atoms with Crippen LogP contribution in [0.25, 0.3) is 10.8 Å². The summed E-state index contributed by atoms with van der Waals surface area (Å²) in [4.78, 5) is 0. The molecule has 0 radical (unpaired) electrons. The van der Waals surface area contributed by atoms with Crippen LogP contribution in [0.3, 0.4) is 0 Å². The first-order valence-corrected chi connectivity index (χ1v) is 8.39. The first-order valence-electron chi connectivity index (χ1n) is 8.39. The second-order valence-electron chi connectivity index (χ2n) is 6.84. The first-order chi connectivity index (χ1) is 10.3. The zero-order chi connectivity index (χ0) is 14.7. The van der Waals surface area contributed by atoms with Gasteiger partial charge in [0.2, 0.25) is 0 Å². The Morgan fingerprint density at radius 2 is 1.81 bits per heavy atom. The molecule has 2 aromatic carbocycles. The summed E-state index contributed by atoms with van der Waals surface area (Å²) in [5.41, 5.74) is 1.54. The predicted molar refractivity (Wildman–Crippen MR) is 91.6 cm³/mol. The van der Waals surface area contributed by atoms with Crippen LogP contribution in [0.4, 0.5) is 0 Å². The van der Waals surface area contributed by atoms with Crippen molar-refractivity contribution in [3.63, 3.8) is 0 Å². The molecule has 0 saturated heterocycles. The molecule has 3 atom stereocenters. The van der Waals surface area contributed by atoms with Gasteiger partial charge in [0.25, 0.3) is 0 Å². The SMILES string of the molecule is CNCC1CCC(C)CC1Cc1cccc2ccccc12. The Labute approximate surface area is 128 Å². The zero-order valence-electron chi connectivity index (χ0n) is 13.3. The highest BCUT2D eigenvalue weighted by Gasteiger charge is 2.28. The summed E-state index contributed by atoms with van der Waals surface area (Å²) >= 11 is 0. The number of hydrogen-bond acceptors (Lipinski definition) is 1. The van der Waals surface area contributed by atoms with Crippen LogP contribution in [0, 0.1) is 17.8 Å². The van der Waals surface area contributed by atoms with Gasteiger partial charge < -0.3 is 5.32 Å². The van der Waals surface area contributed by atoms with Gasteiger partial charge in [-0.05, 0) is 66.9 Å². The Morgan fingerprint density at radius 1 is 1.00 bits per heavy atom. The van der Waals surface area contributed by atoms with Crippen molar-refractivity contribution in [2.75, 3.05) is 13.6 Å². The molecular weight excluding hydrogens is 254 g/mol. The van der Waals surface area contributed by atoms with Gasteiger partial charge >= 0.3 is 0 Å². The molecule has 1 aliphatic rings. The van der Waals surface area contributed by atoms with Crippen molar-refractivity contribution in [3.8, 4) is 0 Å². The third kappa shape index (κ3) is 3.29. The summed E-state index contributed by atoms with van der Waals surface area (Å²) < 4.78 is 0. The van der Waals surface area contributed by atoms with Crippen LogP contribution in [0.1, 0.15) is 31.7 Å². The molecule has 112 valence electrons. The van der Waals surface area contributed by atoms with Gasteiger partial charge in [-0.25, -0.2) is 0 Å². The van der Waals surface area contributed by atoms with E-state index in [-0.39, 0.29) is 0 Å². The fourth-order valence-corrected chi connectivity index (χ4v) is 4.10. The van der Waals surface area contributed by atoms with Gasteiger partial charge in [-0.1, -0.05) is 55.8 Å². The van der Waals surface area contributed by atoms with E-state index in [0.717, 1.165) is 17.8 Å². The molecule has 0 aromatic heterocycles. The maximum atomic E-state index is 3.41. The molecule has 1 aliphatic carbocycles. The van der Waals surface area contributed by atoms with Crippen LogP contribution in [0.5, 0.6) is 0 Å². The van der Waals surface area contributed by atoms with E-state index in [2.05, 4.69) is 61.8 Å². The van der Waals surface area contributed by atoms with Gasteiger partial charge in [-0.2, -0.15) is 0 Å². The molecule has 0 amide bonds. The van der Waals surface area contributed by atoms with E-state index >= 15 is 0 Å². The molecule has 21 heavy (non-hydrogen) atoms. The second-order valence-corrected chi connectivity index (χ2v) is 6.84. The summed E-state index contributed by atoms with van der Waals surface area (Å²) in [7, 11) is 2.09. The molecule has 2 aromatic rings. The fourth-order valence-electron chi connectivity index (χ4n) is 4.10. The van der Waals surface area contributed by atoms with Crippen LogP contribution in [0.2, 0.25) is 0 Å². The lowest BCUT2D eigenvalue weighted by Gasteiger charge is -2.35. The maximum Gasteiger partial charge on any atom is -0.00208 e. The lowest BCUT2D eigenvalue weighted by molar-refractivity contribution is 0.186. The Kier molecular flexibility index (Phi) is 4.60. The molecule has 0 aliphatic heterocycles. The molecule has 0 bridgehead atoms. The molecule has 0 heterocycles. The van der Waals surface area contributed by atoms with Crippen LogP contribution >= 0.6 is 0 Å². The molecule has 1 saturated carbocycles. The monoisotopic (exact) mass is 281 g/mol. The third-order valence-electron chi connectivity index (χ3n) is 5.23. The van der Waals surface area contributed by atoms with Gasteiger partial charge in [0.05, 0.1) is 0 Å². The highest BCUT2D eigenvalue weighted by atomic mass is 14.8. The van der Waals surface area contributed by atoms with Crippen molar-refractivity contribution in [3.05, 3.63) is 48.0 Å². The Hall–Kier alpha value is -1.34. The van der Waals surface area contributed by atoms with E-state index in [1.165, 1.54) is 48.6 Å². The minimum Gasteiger partial charge on any atom is -0.319 e. The molecule has 1 nitrogen and oxygen atoms in total. The summed E-state index contributed by atoms with van der Waals surface area (Å²) in [6.45, 7) is 3.59. The lowest BCUT2D eigenvalue weighted by atomic mass is 9.72. The smallest absolute Gasteiger partial charge is 0.00208 e. The number of hydrogen-bond donors (Lipinski definition) is 1. The fraction of sp³-hybridized carbons (Fsp3) is 0.500. The molecule has 3 unspecified atom stereocenters. The van der Waals surface area contributed by atoms with Gasteiger partial charge in [0.15, 0.2) is 0 Å². The Morgan fingerprint density at radius 3 is 2.67 bits per heavy atom. The first kappa shape index (κ1) is 14.6. The zero-order valence-corrected chi connectivity index (χ0v) is 13.3. The topological polar surface area (TPSA) is 12.0 Å². The van der Waals surface area contributed by atoms with Crippen molar-refractivity contribution < 1.29 is 0 Å². The largest absolute Gasteiger partial charge is 0.319 e. The van der Waals surface area contributed by atoms with Gasteiger partial charge in [0.1, 0.15) is 0 Å². The lowest BCUT2D eigenvalue weighted by Crippen LogP contribution is -2.32. The normalized spacial score (nSPS) is 26.1. The molecule has 1 N–H and O–H groups in total. The third-order valence-corrected chi connectivity index (χ3v) is 5.23. The van der Waals surface area contributed by atoms with Crippen molar-refractivity contribution in [2.45, 2.75) is 32.6 Å². The summed E-state index contributed by atoms with van der Waals surface area (Å²) in [5, 5.41) is 6.23. The average molecular weight is 281 g/mol. The maximum absolute atomic E-state index is 3.41. The number of rotatable bonds is 4. The predicted octanol–water partition coefficient (Wildman–Crippen LogP) is 4.65. The summed E-state index contributed by atoms with van der Waals surface area (Å²) in [5.74, 6) is 2.55. The number of fused-ring (bicyclic) bond motifs is 1. The Balaban J connectivity index is 1.85. The molecule has 0 spiro atoms. The van der Waals surface area contributed by atoms with Crippen molar-refractivity contribution in [1.82, 2.24) is 5.32 Å². The molecule has 1 heteroatoms.